The van der Waals surface area contributed by atoms with Gasteiger partial charge in [0.2, 0.25) is 0 Å². The normalized spacial score (nSPS) is 15.2. The largest absolute Gasteiger partial charge is 0.480 e. The molecule has 1 fully saturated rings. The second-order valence-corrected chi connectivity index (χ2v) is 7.81. The van der Waals surface area contributed by atoms with Crippen molar-refractivity contribution in [2.45, 2.75) is 13.1 Å². The van der Waals surface area contributed by atoms with Crippen LogP contribution in [0.25, 0.3) is 17.0 Å². The first-order valence-electron chi connectivity index (χ1n) is 9.12. The predicted octanol–water partition coefficient (Wildman–Crippen LogP) is 3.87. The van der Waals surface area contributed by atoms with Gasteiger partial charge in [0.25, 0.3) is 16.8 Å². The zero-order valence-electron chi connectivity index (χ0n) is 15.9. The molecule has 2 heterocycles. The van der Waals surface area contributed by atoms with E-state index in [9.17, 15) is 24.5 Å². The number of aliphatic carboxylic acids is 1. The lowest BCUT2D eigenvalue weighted by Crippen LogP contribution is -2.27. The van der Waals surface area contributed by atoms with Crippen molar-refractivity contribution in [2.24, 2.45) is 0 Å². The Hall–Kier alpha value is -3.92. The number of non-ortho nitro benzene ring substituents is 1. The number of fused-ring (bicyclic) bond motifs is 1. The maximum Gasteiger partial charge on any atom is 0.323 e. The molecule has 0 unspecified atom stereocenters. The molecule has 0 saturated carbocycles. The fourth-order valence-electron chi connectivity index (χ4n) is 3.40. The van der Waals surface area contributed by atoms with E-state index >= 15 is 0 Å². The molecular formula is C21H15N3O6S. The molecule has 1 aromatic heterocycles. The van der Waals surface area contributed by atoms with Gasteiger partial charge in [-0.2, -0.15) is 0 Å². The highest BCUT2D eigenvalue weighted by molar-refractivity contribution is 8.18. The first-order chi connectivity index (χ1) is 14.8. The first kappa shape index (κ1) is 20.4. The zero-order chi connectivity index (χ0) is 22.1. The number of carboxylic acids is 1. The number of nitro benzene ring substituents is 1. The van der Waals surface area contributed by atoms with Crippen molar-refractivity contribution in [3.05, 3.63) is 80.9 Å². The third kappa shape index (κ3) is 4.05. The number of amides is 2. The highest BCUT2D eigenvalue weighted by Crippen LogP contribution is 2.35. The van der Waals surface area contributed by atoms with E-state index in [-0.39, 0.29) is 23.7 Å². The molecule has 2 aromatic carbocycles. The Kier molecular flexibility index (Phi) is 5.30. The van der Waals surface area contributed by atoms with Crippen molar-refractivity contribution >= 4 is 51.5 Å². The molecule has 0 bridgehead atoms. The highest BCUT2D eigenvalue weighted by Gasteiger charge is 2.35. The summed E-state index contributed by atoms with van der Waals surface area (Å²) in [5.74, 6) is -1.50. The van der Waals surface area contributed by atoms with Gasteiger partial charge in [-0.1, -0.05) is 30.3 Å². The number of nitro groups is 1. The van der Waals surface area contributed by atoms with Crippen LogP contribution in [0.3, 0.4) is 0 Å². The van der Waals surface area contributed by atoms with Crippen molar-refractivity contribution in [3.63, 3.8) is 0 Å². The van der Waals surface area contributed by atoms with Crippen LogP contribution in [-0.2, 0) is 22.7 Å². The first-order valence-corrected chi connectivity index (χ1v) is 9.93. The summed E-state index contributed by atoms with van der Waals surface area (Å²) in [7, 11) is 0. The molecule has 10 heteroatoms. The number of nitrogens with zero attached hydrogens (tertiary/aromatic N) is 3. The Morgan fingerprint density at radius 3 is 2.68 bits per heavy atom. The van der Waals surface area contributed by atoms with E-state index in [1.165, 1.54) is 18.2 Å². The molecule has 2 amide bonds. The van der Waals surface area contributed by atoms with Crippen LogP contribution in [0.5, 0.6) is 0 Å². The number of carbonyl (C=O) groups is 3. The fraction of sp³-hybridized carbons (Fsp3) is 0.0952. The summed E-state index contributed by atoms with van der Waals surface area (Å²) in [5.41, 5.74) is 1.67. The summed E-state index contributed by atoms with van der Waals surface area (Å²) in [6.45, 7) is -0.312. The smallest absolute Gasteiger partial charge is 0.323 e. The topological polar surface area (TPSA) is 123 Å². The van der Waals surface area contributed by atoms with Gasteiger partial charge in [-0.3, -0.25) is 29.4 Å². The van der Waals surface area contributed by atoms with Gasteiger partial charge in [-0.15, -0.1) is 0 Å². The van der Waals surface area contributed by atoms with Gasteiger partial charge in [-0.05, 0) is 29.5 Å². The van der Waals surface area contributed by atoms with Gasteiger partial charge in [0.15, 0.2) is 0 Å². The fourth-order valence-corrected chi connectivity index (χ4v) is 4.22. The Labute approximate surface area is 179 Å². The SMILES string of the molecule is O=C(O)Cn1cc(/C=C2/SC(=O)N(Cc3cccc([N+](=O)[O-])c3)C2=O)c2ccccc21. The van der Waals surface area contributed by atoms with Gasteiger partial charge < -0.3 is 9.67 Å². The van der Waals surface area contributed by atoms with E-state index in [1.54, 1.807) is 41.1 Å². The third-order valence-electron chi connectivity index (χ3n) is 4.75. The van der Waals surface area contributed by atoms with Crippen LogP contribution in [0, 0.1) is 10.1 Å². The number of thioether (sulfide) groups is 1. The number of rotatable bonds is 6. The van der Waals surface area contributed by atoms with Gasteiger partial charge >= 0.3 is 5.97 Å². The molecule has 4 rings (SSSR count). The van der Waals surface area contributed by atoms with Crippen LogP contribution in [0.15, 0.2) is 59.6 Å². The molecule has 1 N–H and O–H groups in total. The van der Waals surface area contributed by atoms with E-state index in [0.29, 0.717) is 16.6 Å². The van der Waals surface area contributed by atoms with Gasteiger partial charge in [-0.25, -0.2) is 0 Å². The molecule has 3 aromatic rings. The Balaban J connectivity index is 1.64. The molecule has 1 aliphatic heterocycles. The van der Waals surface area contributed by atoms with Crippen LogP contribution in [0.1, 0.15) is 11.1 Å². The van der Waals surface area contributed by atoms with Crippen LogP contribution in [0.2, 0.25) is 0 Å². The molecule has 156 valence electrons. The van der Waals surface area contributed by atoms with Crippen LogP contribution < -0.4 is 0 Å². The number of para-hydroxylation sites is 1. The van der Waals surface area contributed by atoms with Crippen molar-refractivity contribution in [3.8, 4) is 0 Å². The lowest BCUT2D eigenvalue weighted by molar-refractivity contribution is -0.384. The van der Waals surface area contributed by atoms with Crippen LogP contribution in [0.4, 0.5) is 10.5 Å². The summed E-state index contributed by atoms with van der Waals surface area (Å²) in [5, 5.41) is 20.4. The molecule has 1 saturated heterocycles. The molecule has 0 aliphatic carbocycles. The van der Waals surface area contributed by atoms with Crippen molar-refractivity contribution in [1.29, 1.82) is 0 Å². The summed E-state index contributed by atoms with van der Waals surface area (Å²) in [4.78, 5) is 48.1. The maximum atomic E-state index is 12.8. The number of carboxylic acid groups (broad SMARTS) is 1. The Bertz CT molecular complexity index is 1280. The minimum absolute atomic E-state index is 0.0789. The average molecular weight is 437 g/mol. The van der Waals surface area contributed by atoms with Gasteiger partial charge in [0, 0.05) is 34.8 Å². The van der Waals surface area contributed by atoms with Crippen molar-refractivity contribution < 1.29 is 24.4 Å². The monoisotopic (exact) mass is 437 g/mol. The minimum atomic E-state index is -0.996. The number of benzene rings is 2. The second-order valence-electron chi connectivity index (χ2n) is 6.82. The summed E-state index contributed by atoms with van der Waals surface area (Å²) >= 11 is 0.777. The van der Waals surface area contributed by atoms with E-state index in [4.69, 9.17) is 5.11 Å². The number of hydrogen-bond donors (Lipinski definition) is 1. The number of imide groups is 1. The molecule has 1 aliphatic rings. The second kappa shape index (κ2) is 8.07. The lowest BCUT2D eigenvalue weighted by Gasteiger charge is -2.12. The summed E-state index contributed by atoms with van der Waals surface area (Å²) < 4.78 is 1.57. The molecule has 9 nitrogen and oxygen atoms in total. The summed E-state index contributed by atoms with van der Waals surface area (Å²) in [6.07, 6.45) is 3.20. The van der Waals surface area contributed by atoms with Gasteiger partial charge in [0.05, 0.1) is 16.4 Å². The maximum absolute atomic E-state index is 12.8. The standard InChI is InChI=1S/C21H15N3O6S/c25-19(26)12-22-11-14(16-6-1-2-7-17(16)22)9-18-20(27)23(21(28)31-18)10-13-4-3-5-15(8-13)24(29)30/h1-9,11H,10,12H2,(H,25,26)/b18-9+. The molecule has 31 heavy (non-hydrogen) atoms. The molecule has 0 radical (unpaired) electrons. The predicted molar refractivity (Wildman–Crippen MR) is 114 cm³/mol. The van der Waals surface area contributed by atoms with E-state index in [2.05, 4.69) is 0 Å². The van der Waals surface area contributed by atoms with Gasteiger partial charge in [0.1, 0.15) is 6.54 Å². The average Bonchev–Trinajstić information content (AvgIpc) is 3.20. The highest BCUT2D eigenvalue weighted by atomic mass is 32.2. The molecule has 0 atom stereocenters. The molecular weight excluding hydrogens is 422 g/mol. The van der Waals surface area contributed by atoms with E-state index in [1.807, 2.05) is 6.07 Å². The van der Waals surface area contributed by atoms with Crippen LogP contribution in [-0.4, -0.2) is 36.6 Å². The Morgan fingerprint density at radius 1 is 1.16 bits per heavy atom. The minimum Gasteiger partial charge on any atom is -0.480 e. The van der Waals surface area contributed by atoms with Crippen molar-refractivity contribution in [1.82, 2.24) is 9.47 Å². The number of carbonyl (C=O) groups excluding carboxylic acids is 2. The molecule has 0 spiro atoms. The lowest BCUT2D eigenvalue weighted by atomic mass is 10.1. The van der Waals surface area contributed by atoms with E-state index in [0.717, 1.165) is 22.0 Å². The quantitative estimate of drug-likeness (QED) is 0.353. The number of hydrogen-bond acceptors (Lipinski definition) is 6. The third-order valence-corrected chi connectivity index (χ3v) is 5.65. The zero-order valence-corrected chi connectivity index (χ0v) is 16.7. The Morgan fingerprint density at radius 2 is 1.94 bits per heavy atom. The van der Waals surface area contributed by atoms with Crippen LogP contribution >= 0.6 is 11.8 Å². The summed E-state index contributed by atoms with van der Waals surface area (Å²) in [6, 6.07) is 13.0. The van der Waals surface area contributed by atoms with Crippen molar-refractivity contribution in [2.75, 3.05) is 0 Å². The number of aromatic nitrogens is 1. The van der Waals surface area contributed by atoms with E-state index < -0.39 is 22.0 Å².